The molecule has 0 aromatic heterocycles. The Hall–Kier alpha value is -1.85. The van der Waals surface area contributed by atoms with Gasteiger partial charge in [-0.05, 0) is 13.8 Å². The highest BCUT2D eigenvalue weighted by molar-refractivity contribution is 6.00. The van der Waals surface area contributed by atoms with Crippen molar-refractivity contribution in [3.63, 3.8) is 0 Å². The number of hydrogen-bond donors (Lipinski definition) is 2. The zero-order valence-electron chi connectivity index (χ0n) is 9.07. The molecule has 0 aromatic rings. The molecule has 1 aliphatic heterocycles. The zero-order valence-corrected chi connectivity index (χ0v) is 9.07. The lowest BCUT2D eigenvalue weighted by Gasteiger charge is -2.22. The maximum atomic E-state index is 11.5. The first-order valence-corrected chi connectivity index (χ1v) is 4.88. The van der Waals surface area contributed by atoms with Crippen LogP contribution in [0.1, 0.15) is 20.3 Å². The highest BCUT2D eigenvalue weighted by Crippen LogP contribution is 2.24. The third kappa shape index (κ3) is 2.39. The zero-order chi connectivity index (χ0) is 12.3. The highest BCUT2D eigenvalue weighted by Gasteiger charge is 2.36. The molecule has 0 fully saturated rings. The maximum Gasteiger partial charge on any atom is 0.336 e. The van der Waals surface area contributed by atoms with Crippen LogP contribution in [0, 0.1) is 5.92 Å². The molecule has 0 aromatic carbocycles. The molecule has 1 rings (SSSR count). The molecule has 1 heterocycles. The molecular formula is C10H13NO5. The minimum atomic E-state index is -1.20. The van der Waals surface area contributed by atoms with Crippen molar-refractivity contribution in [1.82, 2.24) is 5.32 Å². The Morgan fingerprint density at radius 3 is 2.69 bits per heavy atom. The van der Waals surface area contributed by atoms with Crippen molar-refractivity contribution in [2.75, 3.05) is 6.61 Å². The van der Waals surface area contributed by atoms with Gasteiger partial charge in [-0.1, -0.05) is 0 Å². The van der Waals surface area contributed by atoms with Crippen molar-refractivity contribution in [1.29, 1.82) is 0 Å². The van der Waals surface area contributed by atoms with Gasteiger partial charge in [0.25, 0.3) is 0 Å². The second-order valence-corrected chi connectivity index (χ2v) is 3.40. The van der Waals surface area contributed by atoms with Gasteiger partial charge in [-0.25, -0.2) is 4.79 Å². The van der Waals surface area contributed by atoms with Gasteiger partial charge in [-0.2, -0.15) is 0 Å². The molecule has 0 spiro atoms. The number of carbonyl (C=O) groups excluding carboxylic acids is 2. The SMILES string of the molecule is CCOC(=O)C1=C(C)NC(=O)C[C@@H]1C(=O)O. The van der Waals surface area contributed by atoms with Crippen LogP contribution in [0.4, 0.5) is 0 Å². The van der Waals surface area contributed by atoms with Gasteiger partial charge < -0.3 is 15.2 Å². The van der Waals surface area contributed by atoms with Crippen molar-refractivity contribution in [3.05, 3.63) is 11.3 Å². The van der Waals surface area contributed by atoms with E-state index in [9.17, 15) is 14.4 Å². The van der Waals surface area contributed by atoms with E-state index in [2.05, 4.69) is 5.32 Å². The molecule has 2 N–H and O–H groups in total. The van der Waals surface area contributed by atoms with Crippen molar-refractivity contribution >= 4 is 17.8 Å². The predicted octanol–water partition coefficient (Wildman–Crippen LogP) is 0.0442. The van der Waals surface area contributed by atoms with Crippen LogP contribution in [-0.2, 0) is 19.1 Å². The summed E-state index contributed by atoms with van der Waals surface area (Å²) >= 11 is 0. The smallest absolute Gasteiger partial charge is 0.336 e. The molecule has 0 bridgehead atoms. The highest BCUT2D eigenvalue weighted by atomic mass is 16.5. The molecule has 1 amide bonds. The Labute approximate surface area is 92.3 Å². The lowest BCUT2D eigenvalue weighted by Crippen LogP contribution is -2.38. The molecule has 0 radical (unpaired) electrons. The van der Waals surface area contributed by atoms with E-state index in [1.54, 1.807) is 6.92 Å². The average Bonchev–Trinajstić information content (AvgIpc) is 2.16. The Morgan fingerprint density at radius 1 is 1.56 bits per heavy atom. The first-order chi connectivity index (χ1) is 7.47. The lowest BCUT2D eigenvalue weighted by atomic mass is 9.90. The summed E-state index contributed by atoms with van der Waals surface area (Å²) in [7, 11) is 0. The van der Waals surface area contributed by atoms with E-state index in [0.717, 1.165) is 0 Å². The average molecular weight is 227 g/mol. The van der Waals surface area contributed by atoms with Crippen LogP contribution < -0.4 is 5.32 Å². The molecule has 1 aliphatic rings. The molecule has 1 atom stereocenters. The molecule has 16 heavy (non-hydrogen) atoms. The van der Waals surface area contributed by atoms with Gasteiger partial charge in [0.2, 0.25) is 5.91 Å². The van der Waals surface area contributed by atoms with Crippen LogP contribution in [0.5, 0.6) is 0 Å². The maximum absolute atomic E-state index is 11.5. The van der Waals surface area contributed by atoms with Crippen molar-refractivity contribution < 1.29 is 24.2 Å². The van der Waals surface area contributed by atoms with Crippen LogP contribution in [-0.4, -0.2) is 29.6 Å². The largest absolute Gasteiger partial charge is 0.481 e. The van der Waals surface area contributed by atoms with E-state index in [0.29, 0.717) is 0 Å². The number of carboxylic acid groups (broad SMARTS) is 1. The molecule has 0 aliphatic carbocycles. The lowest BCUT2D eigenvalue weighted by molar-refractivity contribution is -0.147. The first-order valence-electron chi connectivity index (χ1n) is 4.88. The van der Waals surface area contributed by atoms with Gasteiger partial charge in [-0.3, -0.25) is 9.59 Å². The monoisotopic (exact) mass is 227 g/mol. The number of carbonyl (C=O) groups is 3. The normalized spacial score (nSPS) is 20.4. The van der Waals surface area contributed by atoms with Crippen LogP contribution in [0.3, 0.4) is 0 Å². The number of amides is 1. The standard InChI is InChI=1S/C10H13NO5/c1-3-16-10(15)8-5(2)11-7(12)4-6(8)9(13)14/h6H,3-4H2,1-2H3,(H,11,12)(H,13,14)/t6-/m0/s1. The Balaban J connectivity index is 3.07. The number of carboxylic acids is 1. The van der Waals surface area contributed by atoms with E-state index >= 15 is 0 Å². The van der Waals surface area contributed by atoms with E-state index in [4.69, 9.17) is 9.84 Å². The minimum Gasteiger partial charge on any atom is -0.481 e. The number of nitrogens with one attached hydrogen (secondary N) is 1. The van der Waals surface area contributed by atoms with Crippen LogP contribution in [0.25, 0.3) is 0 Å². The number of esters is 1. The fraction of sp³-hybridized carbons (Fsp3) is 0.500. The molecule has 88 valence electrons. The summed E-state index contributed by atoms with van der Waals surface area (Å²) in [5.41, 5.74) is 0.274. The molecular weight excluding hydrogens is 214 g/mol. The number of hydrogen-bond acceptors (Lipinski definition) is 4. The van der Waals surface area contributed by atoms with Crippen molar-refractivity contribution in [3.8, 4) is 0 Å². The minimum absolute atomic E-state index is 0.0222. The fourth-order valence-electron chi connectivity index (χ4n) is 1.59. The van der Waals surface area contributed by atoms with Gasteiger partial charge >= 0.3 is 11.9 Å². The summed E-state index contributed by atoms with van der Waals surface area (Å²) in [5, 5.41) is 11.4. The third-order valence-corrected chi connectivity index (χ3v) is 2.26. The van der Waals surface area contributed by atoms with Crippen LogP contribution in [0.15, 0.2) is 11.3 Å². The molecule has 0 saturated heterocycles. The van der Waals surface area contributed by atoms with Gasteiger partial charge in [0.1, 0.15) is 0 Å². The summed E-state index contributed by atoms with van der Waals surface area (Å²) in [6.45, 7) is 3.28. The summed E-state index contributed by atoms with van der Waals surface area (Å²) in [5.74, 6) is -3.41. The number of rotatable bonds is 3. The quantitative estimate of drug-likeness (QED) is 0.664. The van der Waals surface area contributed by atoms with Gasteiger partial charge in [0, 0.05) is 12.1 Å². The second kappa shape index (κ2) is 4.78. The second-order valence-electron chi connectivity index (χ2n) is 3.40. The number of ether oxygens (including phenoxy) is 1. The molecule has 0 unspecified atom stereocenters. The number of allylic oxidation sites excluding steroid dienone is 1. The molecule has 0 saturated carbocycles. The molecule has 6 nitrogen and oxygen atoms in total. The molecule has 6 heteroatoms. The van der Waals surface area contributed by atoms with Gasteiger partial charge in [-0.15, -0.1) is 0 Å². The Morgan fingerprint density at radius 2 is 2.19 bits per heavy atom. The number of aliphatic carboxylic acids is 1. The van der Waals surface area contributed by atoms with Crippen molar-refractivity contribution in [2.24, 2.45) is 5.92 Å². The summed E-state index contributed by atoms with van der Waals surface area (Å²) in [6, 6.07) is 0. The first kappa shape index (κ1) is 12.2. The van der Waals surface area contributed by atoms with Crippen molar-refractivity contribution in [2.45, 2.75) is 20.3 Å². The fourth-order valence-corrected chi connectivity index (χ4v) is 1.59. The summed E-state index contributed by atoms with van der Waals surface area (Å²) in [4.78, 5) is 33.6. The summed E-state index contributed by atoms with van der Waals surface area (Å²) in [6.07, 6.45) is -0.235. The van der Waals surface area contributed by atoms with E-state index in [-0.39, 0.29) is 24.3 Å². The van der Waals surface area contributed by atoms with Crippen LogP contribution in [0.2, 0.25) is 0 Å². The topological polar surface area (TPSA) is 92.7 Å². The van der Waals surface area contributed by atoms with Gasteiger partial charge in [0.05, 0.1) is 18.1 Å². The van der Waals surface area contributed by atoms with Crippen LogP contribution >= 0.6 is 0 Å². The van der Waals surface area contributed by atoms with Gasteiger partial charge in [0.15, 0.2) is 0 Å². The van der Waals surface area contributed by atoms with E-state index in [1.165, 1.54) is 6.92 Å². The van der Waals surface area contributed by atoms with E-state index < -0.39 is 23.8 Å². The third-order valence-electron chi connectivity index (χ3n) is 2.26. The Kier molecular flexibility index (Phi) is 3.65. The summed E-state index contributed by atoms with van der Waals surface area (Å²) < 4.78 is 4.76. The predicted molar refractivity (Wildman–Crippen MR) is 53.2 cm³/mol. The Bertz CT molecular complexity index is 371. The van der Waals surface area contributed by atoms with E-state index in [1.807, 2.05) is 0 Å².